The number of methoxy groups -OCH3 is 2. The van der Waals surface area contributed by atoms with Crippen molar-refractivity contribution in [2.24, 2.45) is 0 Å². The van der Waals surface area contributed by atoms with Crippen molar-refractivity contribution in [3.8, 4) is 23.0 Å². The molecule has 1 aromatic carbocycles. The van der Waals surface area contributed by atoms with Crippen LogP contribution in [-0.2, 0) is 6.61 Å². The van der Waals surface area contributed by atoms with Crippen molar-refractivity contribution in [3.05, 3.63) is 36.0 Å². The summed E-state index contributed by atoms with van der Waals surface area (Å²) < 4.78 is 10.2. The van der Waals surface area contributed by atoms with Gasteiger partial charge in [-0.25, -0.2) is 4.98 Å². The Labute approximate surface area is 105 Å². The van der Waals surface area contributed by atoms with Crippen LogP contribution in [0.25, 0.3) is 11.1 Å². The average molecular weight is 246 g/mol. The van der Waals surface area contributed by atoms with E-state index < -0.39 is 0 Å². The molecule has 1 heterocycles. The molecule has 0 spiro atoms. The van der Waals surface area contributed by atoms with Gasteiger partial charge in [-0.2, -0.15) is 4.98 Å². The number of rotatable bonds is 4. The summed E-state index contributed by atoms with van der Waals surface area (Å²) in [6.07, 6.45) is 1.65. The van der Waals surface area contributed by atoms with Crippen molar-refractivity contribution < 1.29 is 14.6 Å². The van der Waals surface area contributed by atoms with Crippen LogP contribution in [0.1, 0.15) is 5.56 Å². The van der Waals surface area contributed by atoms with Crippen LogP contribution in [0, 0.1) is 0 Å². The minimum atomic E-state index is 0.0243. The molecular formula is C13H14N2O3. The smallest absolute Gasteiger partial charge is 0.319 e. The summed E-state index contributed by atoms with van der Waals surface area (Å²) in [6, 6.07) is 7.74. The lowest BCUT2D eigenvalue weighted by atomic mass is 10.1. The van der Waals surface area contributed by atoms with E-state index in [4.69, 9.17) is 14.6 Å². The zero-order valence-electron chi connectivity index (χ0n) is 10.3. The topological polar surface area (TPSA) is 64.5 Å². The fraction of sp³-hybridized carbons (Fsp3) is 0.231. The Hall–Kier alpha value is -2.14. The summed E-state index contributed by atoms with van der Waals surface area (Å²) in [5, 5.41) is 9.00. The molecule has 2 rings (SSSR count). The molecule has 5 nitrogen and oxygen atoms in total. The third-order valence-electron chi connectivity index (χ3n) is 2.56. The van der Waals surface area contributed by atoms with Gasteiger partial charge in [-0.1, -0.05) is 24.3 Å². The Morgan fingerprint density at radius 2 is 1.83 bits per heavy atom. The van der Waals surface area contributed by atoms with Crippen LogP contribution in [0.15, 0.2) is 30.5 Å². The molecular weight excluding hydrogens is 232 g/mol. The van der Waals surface area contributed by atoms with Crippen LogP contribution in [-0.4, -0.2) is 29.3 Å². The monoisotopic (exact) mass is 246 g/mol. The molecule has 1 N–H and O–H groups in total. The maximum Gasteiger partial charge on any atom is 0.319 e. The first-order chi connectivity index (χ1) is 8.78. The molecule has 0 amide bonds. The molecule has 0 aliphatic carbocycles. The number of aliphatic hydroxyl groups is 1. The van der Waals surface area contributed by atoms with Crippen LogP contribution in [0.5, 0.6) is 11.9 Å². The number of ether oxygens (including phenoxy) is 2. The van der Waals surface area contributed by atoms with Gasteiger partial charge in [0, 0.05) is 6.20 Å². The average Bonchev–Trinajstić information content (AvgIpc) is 2.46. The fourth-order valence-corrected chi connectivity index (χ4v) is 1.59. The molecule has 1 aromatic heterocycles. The van der Waals surface area contributed by atoms with E-state index in [0.717, 1.165) is 16.7 Å². The second-order valence-electron chi connectivity index (χ2n) is 3.63. The number of nitrogens with zero attached hydrogens (tertiary/aromatic N) is 2. The zero-order chi connectivity index (χ0) is 13.0. The fourth-order valence-electron chi connectivity index (χ4n) is 1.59. The quantitative estimate of drug-likeness (QED) is 0.888. The first-order valence-electron chi connectivity index (χ1n) is 5.43. The summed E-state index contributed by atoms with van der Waals surface area (Å²) in [6.45, 7) is 0.0243. The number of benzene rings is 1. The second-order valence-corrected chi connectivity index (χ2v) is 3.63. The van der Waals surface area contributed by atoms with Crippen LogP contribution in [0.4, 0.5) is 0 Å². The molecule has 0 aliphatic heterocycles. The lowest BCUT2D eigenvalue weighted by Crippen LogP contribution is -1.97. The second kappa shape index (κ2) is 5.46. The van der Waals surface area contributed by atoms with Gasteiger partial charge in [-0.3, -0.25) is 0 Å². The molecule has 0 fully saturated rings. The van der Waals surface area contributed by atoms with Crippen molar-refractivity contribution in [1.82, 2.24) is 9.97 Å². The van der Waals surface area contributed by atoms with E-state index in [-0.39, 0.29) is 12.6 Å². The number of hydrogen-bond donors (Lipinski definition) is 1. The lowest BCUT2D eigenvalue weighted by Gasteiger charge is -2.08. The minimum Gasteiger partial charge on any atom is -0.480 e. The Kier molecular flexibility index (Phi) is 3.74. The van der Waals surface area contributed by atoms with Gasteiger partial charge >= 0.3 is 6.01 Å². The van der Waals surface area contributed by atoms with E-state index in [9.17, 15) is 0 Å². The van der Waals surface area contributed by atoms with E-state index in [2.05, 4.69) is 9.97 Å². The number of aromatic nitrogens is 2. The molecule has 0 bridgehead atoms. The third kappa shape index (κ3) is 2.41. The van der Waals surface area contributed by atoms with Gasteiger partial charge < -0.3 is 14.6 Å². The predicted octanol–water partition coefficient (Wildman–Crippen LogP) is 1.65. The van der Waals surface area contributed by atoms with E-state index in [1.807, 2.05) is 24.3 Å². The highest BCUT2D eigenvalue weighted by molar-refractivity contribution is 5.68. The SMILES string of the molecule is COc1ncc(-c2ccc(CO)cc2)c(OC)n1. The summed E-state index contributed by atoms with van der Waals surface area (Å²) >= 11 is 0. The maximum absolute atomic E-state index is 9.00. The Balaban J connectivity index is 2.42. The largest absolute Gasteiger partial charge is 0.480 e. The molecule has 2 aromatic rings. The van der Waals surface area contributed by atoms with Crippen LogP contribution >= 0.6 is 0 Å². The van der Waals surface area contributed by atoms with Crippen molar-refractivity contribution >= 4 is 0 Å². The molecule has 0 saturated heterocycles. The van der Waals surface area contributed by atoms with Gasteiger partial charge in [-0.05, 0) is 11.1 Å². The highest BCUT2D eigenvalue weighted by Crippen LogP contribution is 2.28. The molecule has 18 heavy (non-hydrogen) atoms. The van der Waals surface area contributed by atoms with E-state index in [0.29, 0.717) is 5.88 Å². The standard InChI is InChI=1S/C13H14N2O3/c1-17-12-11(7-14-13(15-12)18-2)10-5-3-9(8-16)4-6-10/h3-7,16H,8H2,1-2H3. The van der Waals surface area contributed by atoms with Crippen LogP contribution in [0.3, 0.4) is 0 Å². The molecule has 0 aliphatic rings. The third-order valence-corrected chi connectivity index (χ3v) is 2.56. The molecule has 0 radical (unpaired) electrons. The zero-order valence-corrected chi connectivity index (χ0v) is 10.3. The predicted molar refractivity (Wildman–Crippen MR) is 66.5 cm³/mol. The minimum absolute atomic E-state index is 0.0243. The van der Waals surface area contributed by atoms with E-state index in [1.54, 1.807) is 13.3 Å². The van der Waals surface area contributed by atoms with Gasteiger partial charge in [0.15, 0.2) is 0 Å². The van der Waals surface area contributed by atoms with Crippen LogP contribution < -0.4 is 9.47 Å². The van der Waals surface area contributed by atoms with E-state index in [1.165, 1.54) is 7.11 Å². The number of aliphatic hydroxyl groups excluding tert-OH is 1. The van der Waals surface area contributed by atoms with Crippen LogP contribution in [0.2, 0.25) is 0 Å². The molecule has 0 unspecified atom stereocenters. The summed E-state index contributed by atoms with van der Waals surface area (Å²) in [7, 11) is 3.05. The summed E-state index contributed by atoms with van der Waals surface area (Å²) in [4.78, 5) is 8.19. The molecule has 0 saturated carbocycles. The van der Waals surface area contributed by atoms with Gasteiger partial charge in [0.05, 0.1) is 26.4 Å². The Morgan fingerprint density at radius 3 is 2.39 bits per heavy atom. The maximum atomic E-state index is 9.00. The van der Waals surface area contributed by atoms with Gasteiger partial charge in [0.25, 0.3) is 0 Å². The molecule has 0 atom stereocenters. The van der Waals surface area contributed by atoms with Crippen molar-refractivity contribution in [2.75, 3.05) is 14.2 Å². The Morgan fingerprint density at radius 1 is 1.11 bits per heavy atom. The van der Waals surface area contributed by atoms with Gasteiger partial charge in [-0.15, -0.1) is 0 Å². The summed E-state index contributed by atoms with van der Waals surface area (Å²) in [5.41, 5.74) is 2.56. The van der Waals surface area contributed by atoms with Crippen molar-refractivity contribution in [2.45, 2.75) is 6.61 Å². The first kappa shape index (κ1) is 12.3. The van der Waals surface area contributed by atoms with Crippen molar-refractivity contribution in [3.63, 3.8) is 0 Å². The molecule has 5 heteroatoms. The molecule has 94 valence electrons. The highest BCUT2D eigenvalue weighted by Gasteiger charge is 2.10. The number of hydrogen-bond acceptors (Lipinski definition) is 5. The lowest BCUT2D eigenvalue weighted by molar-refractivity contribution is 0.282. The normalized spacial score (nSPS) is 10.2. The van der Waals surface area contributed by atoms with Gasteiger partial charge in [0.1, 0.15) is 0 Å². The highest BCUT2D eigenvalue weighted by atomic mass is 16.5. The summed E-state index contributed by atoms with van der Waals surface area (Å²) in [5.74, 6) is 0.457. The van der Waals surface area contributed by atoms with Gasteiger partial charge in [0.2, 0.25) is 5.88 Å². The first-order valence-corrected chi connectivity index (χ1v) is 5.43. The van der Waals surface area contributed by atoms with Crippen molar-refractivity contribution in [1.29, 1.82) is 0 Å². The Bertz CT molecular complexity index is 526. The van der Waals surface area contributed by atoms with E-state index >= 15 is 0 Å².